The van der Waals surface area contributed by atoms with Crippen molar-refractivity contribution in [2.75, 3.05) is 18.4 Å². The molecule has 0 unspecified atom stereocenters. The molecule has 1 fully saturated rings. The van der Waals surface area contributed by atoms with Crippen LogP contribution in [0, 0.1) is 0 Å². The number of aromatic nitrogens is 2. The molecule has 1 N–H and O–H groups in total. The predicted molar refractivity (Wildman–Crippen MR) is 84.3 cm³/mol. The molecule has 0 bridgehead atoms. The number of likely N-dealkylation sites (tertiary alicyclic amines) is 1. The summed E-state index contributed by atoms with van der Waals surface area (Å²) in [6.45, 7) is 5.91. The lowest BCUT2D eigenvalue weighted by atomic mass is 9.76. The van der Waals surface area contributed by atoms with Gasteiger partial charge in [-0.1, -0.05) is 0 Å². The van der Waals surface area contributed by atoms with Gasteiger partial charge in [0, 0.05) is 13.1 Å². The molecule has 2 aliphatic rings. The first-order valence-electron chi connectivity index (χ1n) is 8.07. The van der Waals surface area contributed by atoms with Gasteiger partial charge in [-0.3, -0.25) is 4.79 Å². The fourth-order valence-electron chi connectivity index (χ4n) is 3.17. The van der Waals surface area contributed by atoms with Gasteiger partial charge in [0.25, 0.3) is 6.43 Å². The molecule has 0 atom stereocenters. The van der Waals surface area contributed by atoms with E-state index in [0.717, 1.165) is 0 Å². The third kappa shape index (κ3) is 3.14. The molecule has 0 aliphatic carbocycles. The standard InChI is InChI=1S/C16H20F2N4O3/c1-15(2,3)25-14(24)22-6-4-16(5-7-22)10-9(20-13(16)23)8-19-12(21-10)11(17)18/h8,11H,4-7H2,1-3H3,(H,20,23). The van der Waals surface area contributed by atoms with Gasteiger partial charge in [0.1, 0.15) is 5.60 Å². The lowest BCUT2D eigenvalue weighted by molar-refractivity contribution is -0.122. The second kappa shape index (κ2) is 5.89. The SMILES string of the molecule is CC(C)(C)OC(=O)N1CCC2(CC1)C(=O)Nc1cnc(C(F)F)nc12. The first-order chi connectivity index (χ1) is 11.6. The number of carbonyl (C=O) groups excluding carboxylic acids is 2. The maximum Gasteiger partial charge on any atom is 0.410 e. The summed E-state index contributed by atoms with van der Waals surface area (Å²) in [5, 5.41) is 2.66. The number of hydrogen-bond acceptors (Lipinski definition) is 5. The average molecular weight is 354 g/mol. The second-order valence-corrected chi connectivity index (χ2v) is 7.29. The molecule has 1 spiro atoms. The van der Waals surface area contributed by atoms with Crippen LogP contribution in [0.1, 0.15) is 51.6 Å². The van der Waals surface area contributed by atoms with E-state index in [1.165, 1.54) is 11.1 Å². The molecule has 2 aliphatic heterocycles. The van der Waals surface area contributed by atoms with Gasteiger partial charge in [0.2, 0.25) is 5.91 Å². The minimum atomic E-state index is -2.81. The summed E-state index contributed by atoms with van der Waals surface area (Å²) < 4.78 is 31.2. The van der Waals surface area contributed by atoms with Crippen LogP contribution >= 0.6 is 0 Å². The van der Waals surface area contributed by atoms with Gasteiger partial charge >= 0.3 is 6.09 Å². The van der Waals surface area contributed by atoms with Crippen molar-refractivity contribution < 1.29 is 23.1 Å². The largest absolute Gasteiger partial charge is 0.444 e. The van der Waals surface area contributed by atoms with Crippen LogP contribution in [0.3, 0.4) is 0 Å². The van der Waals surface area contributed by atoms with Crippen molar-refractivity contribution >= 4 is 17.7 Å². The summed E-state index contributed by atoms with van der Waals surface area (Å²) in [4.78, 5) is 33.7. The maximum atomic E-state index is 12.9. The number of carbonyl (C=O) groups is 2. The number of hydrogen-bond donors (Lipinski definition) is 1. The molecule has 0 aromatic carbocycles. The van der Waals surface area contributed by atoms with E-state index in [0.29, 0.717) is 24.2 Å². The van der Waals surface area contributed by atoms with Crippen molar-refractivity contribution in [3.8, 4) is 0 Å². The van der Waals surface area contributed by atoms with Gasteiger partial charge in [-0.2, -0.15) is 0 Å². The number of fused-ring (bicyclic) bond motifs is 2. The molecule has 9 heteroatoms. The average Bonchev–Trinajstić information content (AvgIpc) is 2.78. The van der Waals surface area contributed by atoms with E-state index in [1.54, 1.807) is 20.8 Å². The molecule has 1 aromatic heterocycles. The zero-order chi connectivity index (χ0) is 18.4. The summed E-state index contributed by atoms with van der Waals surface area (Å²) in [5.41, 5.74) is -0.949. The van der Waals surface area contributed by atoms with E-state index in [9.17, 15) is 18.4 Å². The Bertz CT molecular complexity index is 710. The highest BCUT2D eigenvalue weighted by Gasteiger charge is 2.51. The fraction of sp³-hybridized carbons (Fsp3) is 0.625. The monoisotopic (exact) mass is 354 g/mol. The van der Waals surface area contributed by atoms with Gasteiger partial charge in [-0.05, 0) is 33.6 Å². The fourth-order valence-corrected chi connectivity index (χ4v) is 3.17. The van der Waals surface area contributed by atoms with Crippen LogP contribution in [-0.4, -0.2) is 45.6 Å². The topological polar surface area (TPSA) is 84.4 Å². The molecule has 2 amide bonds. The Morgan fingerprint density at radius 1 is 1.36 bits per heavy atom. The number of amides is 2. The van der Waals surface area contributed by atoms with Gasteiger partial charge < -0.3 is 15.0 Å². The summed E-state index contributed by atoms with van der Waals surface area (Å²) >= 11 is 0. The highest BCUT2D eigenvalue weighted by molar-refractivity contribution is 6.05. The molecular formula is C16H20F2N4O3. The van der Waals surface area contributed by atoms with Crippen LogP contribution in [0.2, 0.25) is 0 Å². The van der Waals surface area contributed by atoms with Crippen molar-refractivity contribution in [1.29, 1.82) is 0 Å². The Balaban J connectivity index is 1.81. The Kier molecular flexibility index (Phi) is 4.12. The number of halogens is 2. The normalized spacial score (nSPS) is 19.1. The van der Waals surface area contributed by atoms with E-state index in [-0.39, 0.29) is 19.0 Å². The Morgan fingerprint density at radius 2 is 2.00 bits per heavy atom. The summed E-state index contributed by atoms with van der Waals surface area (Å²) in [6, 6.07) is 0. The van der Waals surface area contributed by atoms with E-state index in [2.05, 4.69) is 15.3 Å². The molecule has 0 radical (unpaired) electrons. The number of anilines is 1. The van der Waals surface area contributed by atoms with Crippen molar-refractivity contribution in [2.45, 2.75) is 51.1 Å². The number of rotatable bonds is 1. The van der Waals surface area contributed by atoms with Gasteiger partial charge in [-0.25, -0.2) is 23.5 Å². The molecule has 1 aromatic rings. The zero-order valence-corrected chi connectivity index (χ0v) is 14.3. The Hall–Kier alpha value is -2.32. The molecule has 136 valence electrons. The van der Waals surface area contributed by atoms with E-state index in [4.69, 9.17) is 4.74 Å². The number of nitrogens with one attached hydrogen (secondary N) is 1. The third-order valence-electron chi connectivity index (χ3n) is 4.41. The van der Waals surface area contributed by atoms with E-state index in [1.807, 2.05) is 0 Å². The molecule has 3 heterocycles. The van der Waals surface area contributed by atoms with Crippen LogP contribution in [0.25, 0.3) is 0 Å². The van der Waals surface area contributed by atoms with Crippen molar-refractivity contribution in [2.24, 2.45) is 0 Å². The maximum absolute atomic E-state index is 12.9. The number of nitrogens with zero attached hydrogens (tertiary/aromatic N) is 3. The number of ether oxygens (including phenoxy) is 1. The van der Waals surface area contributed by atoms with Crippen LogP contribution in [0.15, 0.2) is 6.20 Å². The Labute approximate surface area is 143 Å². The lowest BCUT2D eigenvalue weighted by Gasteiger charge is -2.37. The van der Waals surface area contributed by atoms with Crippen molar-refractivity contribution in [1.82, 2.24) is 14.9 Å². The van der Waals surface area contributed by atoms with Gasteiger partial charge in [0.05, 0.1) is 23.0 Å². The van der Waals surface area contributed by atoms with Crippen molar-refractivity contribution in [3.05, 3.63) is 17.7 Å². The highest BCUT2D eigenvalue weighted by atomic mass is 19.3. The van der Waals surface area contributed by atoms with Crippen LogP contribution in [0.5, 0.6) is 0 Å². The lowest BCUT2D eigenvalue weighted by Crippen LogP contribution is -2.49. The van der Waals surface area contributed by atoms with E-state index < -0.39 is 29.4 Å². The predicted octanol–water partition coefficient (Wildman–Crippen LogP) is 2.64. The molecule has 7 nitrogen and oxygen atoms in total. The molecule has 0 saturated carbocycles. The van der Waals surface area contributed by atoms with Crippen molar-refractivity contribution in [3.63, 3.8) is 0 Å². The summed E-state index contributed by atoms with van der Waals surface area (Å²) in [7, 11) is 0. The minimum absolute atomic E-state index is 0.285. The molecule has 1 saturated heterocycles. The zero-order valence-electron chi connectivity index (χ0n) is 14.3. The van der Waals surface area contributed by atoms with E-state index >= 15 is 0 Å². The molecule has 25 heavy (non-hydrogen) atoms. The first kappa shape index (κ1) is 17.5. The van der Waals surface area contributed by atoms with Gasteiger partial charge in [-0.15, -0.1) is 0 Å². The first-order valence-corrected chi connectivity index (χ1v) is 8.07. The highest BCUT2D eigenvalue weighted by Crippen LogP contribution is 2.44. The second-order valence-electron chi connectivity index (χ2n) is 7.29. The van der Waals surface area contributed by atoms with Crippen LogP contribution < -0.4 is 5.32 Å². The van der Waals surface area contributed by atoms with Crippen LogP contribution in [0.4, 0.5) is 19.3 Å². The number of alkyl halides is 2. The quantitative estimate of drug-likeness (QED) is 0.838. The summed E-state index contributed by atoms with van der Waals surface area (Å²) in [5.74, 6) is -0.878. The van der Waals surface area contributed by atoms with Crippen LogP contribution in [-0.2, 0) is 14.9 Å². The minimum Gasteiger partial charge on any atom is -0.444 e. The summed E-state index contributed by atoms with van der Waals surface area (Å²) in [6.07, 6.45) is -1.44. The smallest absolute Gasteiger partial charge is 0.410 e. The Morgan fingerprint density at radius 3 is 2.56 bits per heavy atom. The van der Waals surface area contributed by atoms with Gasteiger partial charge in [0.15, 0.2) is 5.82 Å². The number of piperidine rings is 1. The molecular weight excluding hydrogens is 334 g/mol. The molecule has 3 rings (SSSR count). The third-order valence-corrected chi connectivity index (χ3v) is 4.41.